The third kappa shape index (κ3) is 4.10. The van der Waals surface area contributed by atoms with E-state index < -0.39 is 10.0 Å². The Morgan fingerprint density at radius 2 is 2.00 bits per heavy atom. The first kappa shape index (κ1) is 16.1. The van der Waals surface area contributed by atoms with Crippen molar-refractivity contribution in [3.05, 3.63) is 45.9 Å². The molecule has 1 aromatic carbocycles. The molecular weight excluding hydrogens is 306 g/mol. The number of aromatic nitrogens is 1. The van der Waals surface area contributed by atoms with E-state index in [9.17, 15) is 8.42 Å². The number of sulfonamides is 1. The van der Waals surface area contributed by atoms with Gasteiger partial charge < -0.3 is 5.32 Å². The number of thiazole rings is 1. The van der Waals surface area contributed by atoms with Gasteiger partial charge in [-0.1, -0.05) is 12.1 Å². The minimum atomic E-state index is -3.67. The molecule has 2 unspecified atom stereocenters. The van der Waals surface area contributed by atoms with Crippen molar-refractivity contribution in [2.45, 2.75) is 37.8 Å². The van der Waals surface area contributed by atoms with E-state index in [1.807, 2.05) is 32.2 Å². The van der Waals surface area contributed by atoms with Crippen LogP contribution in [0.15, 0.2) is 34.5 Å². The Morgan fingerprint density at radius 3 is 2.57 bits per heavy atom. The summed E-state index contributed by atoms with van der Waals surface area (Å²) in [6.45, 7) is 5.99. The van der Waals surface area contributed by atoms with Crippen molar-refractivity contribution in [2.24, 2.45) is 5.14 Å². The number of nitrogens with two attached hydrogens (primary N) is 1. The Kier molecular flexibility index (Phi) is 4.77. The first-order chi connectivity index (χ1) is 9.77. The Hall–Kier alpha value is -1.28. The molecule has 7 heteroatoms. The van der Waals surface area contributed by atoms with Crippen molar-refractivity contribution in [3.63, 3.8) is 0 Å². The summed E-state index contributed by atoms with van der Waals surface area (Å²) in [4.78, 5) is 4.59. The molecule has 0 radical (unpaired) electrons. The van der Waals surface area contributed by atoms with E-state index in [4.69, 9.17) is 5.14 Å². The SMILES string of the molecule is Cc1csc(C(C)NC(C)c2cccc(S(N)(=O)=O)c2)n1. The highest BCUT2D eigenvalue weighted by molar-refractivity contribution is 7.89. The predicted molar refractivity (Wildman–Crippen MR) is 84.6 cm³/mol. The van der Waals surface area contributed by atoms with Gasteiger partial charge >= 0.3 is 0 Å². The molecular formula is C14H19N3O2S2. The minimum Gasteiger partial charge on any atom is -0.302 e. The first-order valence-electron chi connectivity index (χ1n) is 6.58. The van der Waals surface area contributed by atoms with Crippen molar-refractivity contribution in [2.75, 3.05) is 0 Å². The summed E-state index contributed by atoms with van der Waals surface area (Å²) in [7, 11) is -3.67. The van der Waals surface area contributed by atoms with Crippen LogP contribution in [0.3, 0.4) is 0 Å². The molecule has 0 aliphatic heterocycles. The number of aryl methyl sites for hydroxylation is 1. The van der Waals surface area contributed by atoms with Crippen LogP contribution in [-0.4, -0.2) is 13.4 Å². The summed E-state index contributed by atoms with van der Waals surface area (Å²) in [6, 6.07) is 6.77. The van der Waals surface area contributed by atoms with Crippen molar-refractivity contribution >= 4 is 21.4 Å². The molecule has 0 saturated carbocycles. The second kappa shape index (κ2) is 6.23. The van der Waals surface area contributed by atoms with E-state index in [2.05, 4.69) is 10.3 Å². The van der Waals surface area contributed by atoms with Crippen molar-refractivity contribution in [1.82, 2.24) is 10.3 Å². The third-order valence-corrected chi connectivity index (χ3v) is 5.25. The molecule has 5 nitrogen and oxygen atoms in total. The number of benzene rings is 1. The molecule has 0 bridgehead atoms. The van der Waals surface area contributed by atoms with Crippen LogP contribution in [0.5, 0.6) is 0 Å². The third-order valence-electron chi connectivity index (χ3n) is 3.19. The molecule has 0 aliphatic rings. The molecule has 114 valence electrons. The second-order valence-electron chi connectivity index (χ2n) is 5.05. The van der Waals surface area contributed by atoms with Crippen LogP contribution in [-0.2, 0) is 10.0 Å². The maximum absolute atomic E-state index is 11.4. The summed E-state index contributed by atoms with van der Waals surface area (Å²) in [5.74, 6) is 0. The molecule has 1 heterocycles. The van der Waals surface area contributed by atoms with Gasteiger partial charge in [-0.3, -0.25) is 0 Å². The van der Waals surface area contributed by atoms with E-state index >= 15 is 0 Å². The molecule has 3 N–H and O–H groups in total. The van der Waals surface area contributed by atoms with E-state index in [0.29, 0.717) is 0 Å². The lowest BCUT2D eigenvalue weighted by Crippen LogP contribution is -2.23. The zero-order valence-electron chi connectivity index (χ0n) is 12.2. The van der Waals surface area contributed by atoms with Gasteiger partial charge in [-0.05, 0) is 38.5 Å². The van der Waals surface area contributed by atoms with Crippen LogP contribution in [0.1, 0.15) is 42.2 Å². The van der Waals surface area contributed by atoms with Crippen LogP contribution in [0.2, 0.25) is 0 Å². The quantitative estimate of drug-likeness (QED) is 0.884. The van der Waals surface area contributed by atoms with Crippen LogP contribution in [0.4, 0.5) is 0 Å². The number of rotatable bonds is 5. The number of nitrogens with one attached hydrogen (secondary N) is 1. The van der Waals surface area contributed by atoms with Gasteiger partial charge in [0.1, 0.15) is 5.01 Å². The fourth-order valence-electron chi connectivity index (χ4n) is 2.07. The van der Waals surface area contributed by atoms with E-state index in [0.717, 1.165) is 16.3 Å². The molecule has 0 saturated heterocycles. The molecule has 21 heavy (non-hydrogen) atoms. The molecule has 2 rings (SSSR count). The number of hydrogen-bond acceptors (Lipinski definition) is 5. The van der Waals surface area contributed by atoms with Gasteiger partial charge in [-0.25, -0.2) is 18.5 Å². The van der Waals surface area contributed by atoms with Gasteiger partial charge in [0, 0.05) is 17.1 Å². The molecule has 0 fully saturated rings. The average molecular weight is 325 g/mol. The van der Waals surface area contributed by atoms with Gasteiger partial charge in [0.05, 0.1) is 10.9 Å². The lowest BCUT2D eigenvalue weighted by Gasteiger charge is -2.19. The van der Waals surface area contributed by atoms with Crippen molar-refractivity contribution < 1.29 is 8.42 Å². The highest BCUT2D eigenvalue weighted by Gasteiger charge is 2.15. The predicted octanol–water partition coefficient (Wildman–Crippen LogP) is 2.51. The van der Waals surface area contributed by atoms with Gasteiger partial charge in [0.2, 0.25) is 10.0 Å². The van der Waals surface area contributed by atoms with Gasteiger partial charge in [0.15, 0.2) is 0 Å². The Labute approximate surface area is 129 Å². The highest BCUT2D eigenvalue weighted by Crippen LogP contribution is 2.23. The van der Waals surface area contributed by atoms with E-state index in [1.54, 1.807) is 23.5 Å². The largest absolute Gasteiger partial charge is 0.302 e. The fourth-order valence-corrected chi connectivity index (χ4v) is 3.46. The molecule has 1 aromatic heterocycles. The zero-order valence-corrected chi connectivity index (χ0v) is 13.8. The summed E-state index contributed by atoms with van der Waals surface area (Å²) in [5, 5.41) is 11.6. The molecule has 2 atom stereocenters. The maximum atomic E-state index is 11.4. The minimum absolute atomic E-state index is 0.00842. The second-order valence-corrected chi connectivity index (χ2v) is 7.51. The molecule has 2 aromatic rings. The van der Waals surface area contributed by atoms with Crippen molar-refractivity contribution in [1.29, 1.82) is 0 Å². The normalized spacial score (nSPS) is 14.9. The Balaban J connectivity index is 2.15. The van der Waals surface area contributed by atoms with Gasteiger partial charge in [-0.15, -0.1) is 11.3 Å². The van der Waals surface area contributed by atoms with E-state index in [1.165, 1.54) is 6.07 Å². The highest BCUT2D eigenvalue weighted by atomic mass is 32.2. The molecule has 0 amide bonds. The summed E-state index contributed by atoms with van der Waals surface area (Å²) < 4.78 is 22.8. The first-order valence-corrected chi connectivity index (χ1v) is 9.01. The van der Waals surface area contributed by atoms with Gasteiger partial charge in [-0.2, -0.15) is 0 Å². The molecule has 0 spiro atoms. The van der Waals surface area contributed by atoms with Crippen LogP contribution >= 0.6 is 11.3 Å². The number of hydrogen-bond donors (Lipinski definition) is 2. The van der Waals surface area contributed by atoms with E-state index in [-0.39, 0.29) is 17.0 Å². The fraction of sp³-hybridized carbons (Fsp3) is 0.357. The summed E-state index contributed by atoms with van der Waals surface area (Å²) in [6.07, 6.45) is 0. The summed E-state index contributed by atoms with van der Waals surface area (Å²) >= 11 is 1.61. The van der Waals surface area contributed by atoms with Crippen LogP contribution in [0, 0.1) is 6.92 Å². The van der Waals surface area contributed by atoms with Crippen molar-refractivity contribution in [3.8, 4) is 0 Å². The van der Waals surface area contributed by atoms with Crippen LogP contribution < -0.4 is 10.5 Å². The topological polar surface area (TPSA) is 85.1 Å². The lowest BCUT2D eigenvalue weighted by molar-refractivity contribution is 0.492. The number of primary sulfonamides is 1. The Morgan fingerprint density at radius 1 is 1.29 bits per heavy atom. The zero-order chi connectivity index (χ0) is 15.6. The van der Waals surface area contributed by atoms with Gasteiger partial charge in [0.25, 0.3) is 0 Å². The smallest absolute Gasteiger partial charge is 0.238 e. The number of nitrogens with zero attached hydrogens (tertiary/aromatic N) is 1. The molecule has 0 aliphatic carbocycles. The maximum Gasteiger partial charge on any atom is 0.238 e. The summed E-state index contributed by atoms with van der Waals surface area (Å²) in [5.41, 5.74) is 1.88. The van der Waals surface area contributed by atoms with Crippen LogP contribution in [0.25, 0.3) is 0 Å². The standard InChI is InChI=1S/C14H19N3O2S2/c1-9-8-20-14(16-9)11(3)17-10(2)12-5-4-6-13(7-12)21(15,18)19/h4-8,10-11,17H,1-3H3,(H2,15,18,19). The monoisotopic (exact) mass is 325 g/mol. The lowest BCUT2D eigenvalue weighted by atomic mass is 10.1. The Bertz CT molecular complexity index is 725. The average Bonchev–Trinajstić information content (AvgIpc) is 2.84.